The largest absolute Gasteiger partial charge is 0.497 e. The zero-order valence-electron chi connectivity index (χ0n) is 12.7. The van der Waals surface area contributed by atoms with E-state index in [2.05, 4.69) is 32.8 Å². The SMILES string of the molecule is COc1ccc(-c2nnc(COC(=O)c3ccc(I)cc3)o2)cc1. The van der Waals surface area contributed by atoms with Crippen LogP contribution in [0.3, 0.4) is 0 Å². The fraction of sp³-hybridized carbons (Fsp3) is 0.118. The number of methoxy groups -OCH3 is 1. The molecule has 0 fully saturated rings. The van der Waals surface area contributed by atoms with Gasteiger partial charge in [0.1, 0.15) is 5.75 Å². The van der Waals surface area contributed by atoms with E-state index in [1.54, 1.807) is 31.4 Å². The molecule has 0 bridgehead atoms. The minimum absolute atomic E-state index is 0.0754. The highest BCUT2D eigenvalue weighted by molar-refractivity contribution is 14.1. The molecule has 0 amide bonds. The van der Waals surface area contributed by atoms with Crippen LogP contribution in [0.15, 0.2) is 52.9 Å². The molecule has 0 N–H and O–H groups in total. The fourth-order valence-electron chi connectivity index (χ4n) is 1.96. The first-order valence-electron chi connectivity index (χ1n) is 7.05. The average molecular weight is 436 g/mol. The first-order chi connectivity index (χ1) is 11.7. The van der Waals surface area contributed by atoms with Gasteiger partial charge in [0.2, 0.25) is 5.89 Å². The molecule has 1 heterocycles. The van der Waals surface area contributed by atoms with Crippen molar-refractivity contribution >= 4 is 28.6 Å². The number of benzene rings is 2. The van der Waals surface area contributed by atoms with E-state index in [-0.39, 0.29) is 12.5 Å². The van der Waals surface area contributed by atoms with E-state index in [9.17, 15) is 4.79 Å². The molecule has 0 spiro atoms. The normalized spacial score (nSPS) is 10.4. The highest BCUT2D eigenvalue weighted by Crippen LogP contribution is 2.21. The van der Waals surface area contributed by atoms with Gasteiger partial charge in [0.15, 0.2) is 6.61 Å². The summed E-state index contributed by atoms with van der Waals surface area (Å²) in [7, 11) is 1.60. The lowest BCUT2D eigenvalue weighted by atomic mass is 10.2. The van der Waals surface area contributed by atoms with Crippen LogP contribution in [0.2, 0.25) is 0 Å². The van der Waals surface area contributed by atoms with Crippen molar-refractivity contribution in [1.82, 2.24) is 10.2 Å². The summed E-state index contributed by atoms with van der Waals surface area (Å²) < 4.78 is 16.8. The summed E-state index contributed by atoms with van der Waals surface area (Å²) >= 11 is 2.17. The highest BCUT2D eigenvalue weighted by Gasteiger charge is 2.12. The molecule has 2 aromatic carbocycles. The molecule has 0 unspecified atom stereocenters. The third kappa shape index (κ3) is 3.91. The second-order valence-corrected chi connectivity index (χ2v) is 6.06. The number of halogens is 1. The van der Waals surface area contributed by atoms with Crippen molar-refractivity contribution in [1.29, 1.82) is 0 Å². The minimum Gasteiger partial charge on any atom is -0.497 e. The summed E-state index contributed by atoms with van der Waals surface area (Å²) in [6.45, 7) is -0.0754. The van der Waals surface area contributed by atoms with Gasteiger partial charge in [-0.25, -0.2) is 4.79 Å². The molecular weight excluding hydrogens is 423 g/mol. The van der Waals surface area contributed by atoms with Crippen LogP contribution >= 0.6 is 22.6 Å². The average Bonchev–Trinajstić information content (AvgIpc) is 3.09. The molecule has 0 saturated carbocycles. The van der Waals surface area contributed by atoms with Crippen molar-refractivity contribution in [3.05, 3.63) is 63.6 Å². The number of rotatable bonds is 5. The number of esters is 1. The van der Waals surface area contributed by atoms with Crippen LogP contribution in [0.25, 0.3) is 11.5 Å². The molecule has 3 rings (SSSR count). The molecule has 24 heavy (non-hydrogen) atoms. The fourth-order valence-corrected chi connectivity index (χ4v) is 2.32. The molecule has 0 aliphatic rings. The van der Waals surface area contributed by atoms with Crippen molar-refractivity contribution in [2.75, 3.05) is 7.11 Å². The summed E-state index contributed by atoms with van der Waals surface area (Å²) in [6, 6.07) is 14.3. The molecule has 7 heteroatoms. The molecule has 122 valence electrons. The Morgan fingerprint density at radius 3 is 2.46 bits per heavy atom. The summed E-state index contributed by atoms with van der Waals surface area (Å²) in [5.41, 5.74) is 1.24. The van der Waals surface area contributed by atoms with Gasteiger partial charge in [0.05, 0.1) is 12.7 Å². The topological polar surface area (TPSA) is 74.5 Å². The first kappa shape index (κ1) is 16.4. The van der Waals surface area contributed by atoms with Gasteiger partial charge < -0.3 is 13.9 Å². The van der Waals surface area contributed by atoms with Crippen LogP contribution in [-0.2, 0) is 11.3 Å². The van der Waals surface area contributed by atoms with E-state index in [1.165, 1.54) is 0 Å². The maximum atomic E-state index is 11.9. The third-order valence-electron chi connectivity index (χ3n) is 3.21. The molecule has 0 aliphatic carbocycles. The number of carbonyl (C=O) groups is 1. The molecule has 0 radical (unpaired) electrons. The predicted octanol–water partition coefficient (Wildman–Crippen LogP) is 3.71. The van der Waals surface area contributed by atoms with Crippen molar-refractivity contribution in [3.63, 3.8) is 0 Å². The van der Waals surface area contributed by atoms with Gasteiger partial charge in [0.25, 0.3) is 5.89 Å². The number of ether oxygens (including phenoxy) is 2. The Bertz CT molecular complexity index is 829. The molecule has 3 aromatic rings. The second kappa shape index (κ2) is 7.43. The van der Waals surface area contributed by atoms with Crippen LogP contribution in [0.4, 0.5) is 0 Å². The number of hydrogen-bond donors (Lipinski definition) is 0. The summed E-state index contributed by atoms with van der Waals surface area (Å²) in [5.74, 6) is 0.901. The minimum atomic E-state index is -0.435. The maximum absolute atomic E-state index is 11.9. The van der Waals surface area contributed by atoms with E-state index in [4.69, 9.17) is 13.9 Å². The van der Waals surface area contributed by atoms with Gasteiger partial charge in [-0.05, 0) is 71.1 Å². The van der Waals surface area contributed by atoms with Crippen LogP contribution in [0.1, 0.15) is 16.2 Å². The maximum Gasteiger partial charge on any atom is 0.338 e. The van der Waals surface area contributed by atoms with Crippen molar-refractivity contribution in [2.24, 2.45) is 0 Å². The van der Waals surface area contributed by atoms with Crippen molar-refractivity contribution in [2.45, 2.75) is 6.61 Å². The Kier molecular flexibility index (Phi) is 5.09. The number of hydrogen-bond acceptors (Lipinski definition) is 6. The molecular formula is C17H13IN2O4. The Balaban J connectivity index is 1.63. The van der Waals surface area contributed by atoms with E-state index < -0.39 is 5.97 Å². The number of aromatic nitrogens is 2. The van der Waals surface area contributed by atoms with Gasteiger partial charge >= 0.3 is 5.97 Å². The van der Waals surface area contributed by atoms with Crippen LogP contribution in [0.5, 0.6) is 5.75 Å². The quantitative estimate of drug-likeness (QED) is 0.449. The van der Waals surface area contributed by atoms with Gasteiger partial charge in [-0.3, -0.25) is 0 Å². The van der Waals surface area contributed by atoms with Gasteiger partial charge in [0, 0.05) is 9.13 Å². The van der Waals surface area contributed by atoms with E-state index >= 15 is 0 Å². The Morgan fingerprint density at radius 2 is 1.79 bits per heavy atom. The van der Waals surface area contributed by atoms with Crippen LogP contribution < -0.4 is 4.74 Å². The molecule has 6 nitrogen and oxygen atoms in total. The van der Waals surface area contributed by atoms with E-state index in [0.29, 0.717) is 11.5 Å². The highest BCUT2D eigenvalue weighted by atomic mass is 127. The first-order valence-corrected chi connectivity index (χ1v) is 8.13. The lowest BCUT2D eigenvalue weighted by molar-refractivity contribution is 0.0438. The summed E-state index contributed by atoms with van der Waals surface area (Å²) in [5, 5.41) is 7.84. The lowest BCUT2D eigenvalue weighted by Gasteiger charge is -2.02. The zero-order chi connectivity index (χ0) is 16.9. The Hall–Kier alpha value is -2.42. The smallest absolute Gasteiger partial charge is 0.338 e. The van der Waals surface area contributed by atoms with Crippen LogP contribution in [-0.4, -0.2) is 23.3 Å². The Morgan fingerprint density at radius 1 is 1.08 bits per heavy atom. The van der Waals surface area contributed by atoms with Crippen LogP contribution in [0, 0.1) is 3.57 Å². The number of nitrogens with zero attached hydrogens (tertiary/aromatic N) is 2. The molecule has 1 aromatic heterocycles. The van der Waals surface area contributed by atoms with Gasteiger partial charge in [-0.2, -0.15) is 0 Å². The van der Waals surface area contributed by atoms with E-state index in [1.807, 2.05) is 24.3 Å². The summed E-state index contributed by atoms with van der Waals surface area (Å²) in [6.07, 6.45) is 0. The molecule has 0 aliphatic heterocycles. The predicted molar refractivity (Wildman–Crippen MR) is 94.6 cm³/mol. The Labute approximate surface area is 151 Å². The molecule has 0 atom stereocenters. The van der Waals surface area contributed by atoms with E-state index in [0.717, 1.165) is 14.9 Å². The van der Waals surface area contributed by atoms with Crippen molar-refractivity contribution < 1.29 is 18.7 Å². The second-order valence-electron chi connectivity index (χ2n) is 4.81. The standard InChI is InChI=1S/C17H13IN2O4/c1-22-14-8-4-11(5-9-14)16-20-19-15(24-16)10-23-17(21)12-2-6-13(18)7-3-12/h2-9H,10H2,1H3. The van der Waals surface area contributed by atoms with Gasteiger partial charge in [-0.1, -0.05) is 0 Å². The molecule has 0 saturated heterocycles. The summed E-state index contributed by atoms with van der Waals surface area (Å²) in [4.78, 5) is 11.9. The monoisotopic (exact) mass is 436 g/mol. The number of carbonyl (C=O) groups excluding carboxylic acids is 1. The van der Waals surface area contributed by atoms with Crippen molar-refractivity contribution in [3.8, 4) is 17.2 Å². The third-order valence-corrected chi connectivity index (χ3v) is 3.93. The lowest BCUT2D eigenvalue weighted by Crippen LogP contribution is -2.05. The van der Waals surface area contributed by atoms with Gasteiger partial charge in [-0.15, -0.1) is 10.2 Å². The zero-order valence-corrected chi connectivity index (χ0v) is 14.9.